The Kier molecular flexibility index (Phi) is 7.28. The summed E-state index contributed by atoms with van der Waals surface area (Å²) in [7, 11) is 0. The number of para-hydroxylation sites is 1. The van der Waals surface area contributed by atoms with Gasteiger partial charge in [-0.05, 0) is 45.7 Å². The number of Topliss-reactive ketones (excluding diaryl/α,β-unsaturated/α-hetero) is 1. The van der Waals surface area contributed by atoms with E-state index in [9.17, 15) is 14.4 Å². The maximum absolute atomic E-state index is 12.1. The van der Waals surface area contributed by atoms with Gasteiger partial charge in [-0.2, -0.15) is 0 Å². The van der Waals surface area contributed by atoms with E-state index in [0.717, 1.165) is 28.6 Å². The zero-order valence-electron chi connectivity index (χ0n) is 16.7. The second kappa shape index (κ2) is 9.45. The molecule has 1 aromatic carbocycles. The van der Waals surface area contributed by atoms with Gasteiger partial charge in [-0.15, -0.1) is 0 Å². The molecule has 0 fully saturated rings. The van der Waals surface area contributed by atoms with Crippen molar-refractivity contribution in [2.75, 3.05) is 17.6 Å². The topological polar surface area (TPSA) is 101 Å². The molecule has 8 heteroatoms. The molecule has 2 aromatic rings. The number of aryl methyl sites for hydroxylation is 4. The molecule has 7 nitrogen and oxygen atoms in total. The van der Waals surface area contributed by atoms with Crippen molar-refractivity contribution in [2.24, 2.45) is 0 Å². The second-order valence-electron chi connectivity index (χ2n) is 6.47. The number of nitrogens with one attached hydrogen (secondary N) is 2. The first-order chi connectivity index (χ1) is 13.2. The molecule has 0 bridgehead atoms. The summed E-state index contributed by atoms with van der Waals surface area (Å²) in [5.41, 5.74) is 3.70. The first kappa shape index (κ1) is 21.6. The van der Waals surface area contributed by atoms with Crippen LogP contribution >= 0.6 is 11.8 Å². The van der Waals surface area contributed by atoms with E-state index in [0.29, 0.717) is 22.1 Å². The Hall–Kier alpha value is -2.74. The number of rotatable bonds is 7. The normalized spacial score (nSPS) is 10.5. The van der Waals surface area contributed by atoms with Gasteiger partial charge in [0.25, 0.3) is 0 Å². The maximum Gasteiger partial charge on any atom is 0.243 e. The van der Waals surface area contributed by atoms with Gasteiger partial charge in [0.05, 0.1) is 23.6 Å². The zero-order chi connectivity index (χ0) is 20.8. The van der Waals surface area contributed by atoms with Gasteiger partial charge in [-0.1, -0.05) is 30.0 Å². The number of hydrogen-bond acceptors (Lipinski definition) is 6. The highest BCUT2D eigenvalue weighted by molar-refractivity contribution is 8.00. The number of thioether (sulfide) groups is 1. The molecule has 28 heavy (non-hydrogen) atoms. The predicted octanol–water partition coefficient (Wildman–Crippen LogP) is 2.76. The smallest absolute Gasteiger partial charge is 0.243 e. The van der Waals surface area contributed by atoms with Crippen LogP contribution in [0, 0.1) is 27.7 Å². The lowest BCUT2D eigenvalue weighted by Gasteiger charge is -2.12. The number of carbonyl (C=O) groups is 3. The minimum absolute atomic E-state index is 0.0485. The monoisotopic (exact) mass is 400 g/mol. The molecule has 0 spiro atoms. The van der Waals surface area contributed by atoms with Crippen molar-refractivity contribution >= 4 is 35.0 Å². The molecule has 148 valence electrons. The summed E-state index contributed by atoms with van der Waals surface area (Å²) in [6, 6.07) is 5.75. The van der Waals surface area contributed by atoms with Crippen LogP contribution in [-0.2, 0) is 9.59 Å². The number of nitrogens with zero attached hydrogens (tertiary/aromatic N) is 2. The quantitative estimate of drug-likeness (QED) is 0.421. The van der Waals surface area contributed by atoms with Crippen LogP contribution in [0.3, 0.4) is 0 Å². The van der Waals surface area contributed by atoms with Gasteiger partial charge >= 0.3 is 0 Å². The van der Waals surface area contributed by atoms with Crippen LogP contribution in [-0.4, -0.2) is 39.9 Å². The fourth-order valence-corrected chi connectivity index (χ4v) is 3.75. The lowest BCUT2D eigenvalue weighted by atomic mass is 10.1. The predicted molar refractivity (Wildman–Crippen MR) is 110 cm³/mol. The zero-order valence-corrected chi connectivity index (χ0v) is 17.5. The Morgan fingerprint density at radius 1 is 1.00 bits per heavy atom. The number of aromatic nitrogens is 2. The highest BCUT2D eigenvalue weighted by Gasteiger charge is 2.16. The van der Waals surface area contributed by atoms with Crippen molar-refractivity contribution in [3.63, 3.8) is 0 Å². The third-order valence-corrected chi connectivity index (χ3v) is 5.03. The largest absolute Gasteiger partial charge is 0.346 e. The molecule has 0 saturated carbocycles. The number of ketones is 1. The van der Waals surface area contributed by atoms with Gasteiger partial charge in [0.1, 0.15) is 10.9 Å². The highest BCUT2D eigenvalue weighted by atomic mass is 32.2. The number of benzene rings is 1. The SMILES string of the molecule is CC(=O)c1c(C)nc(C)nc1SCC(=O)NCC(=O)Nc1c(C)cccc1C. The van der Waals surface area contributed by atoms with E-state index in [1.54, 1.807) is 13.8 Å². The molecule has 0 aliphatic carbocycles. The fraction of sp³-hybridized carbons (Fsp3) is 0.350. The van der Waals surface area contributed by atoms with E-state index in [4.69, 9.17) is 0 Å². The summed E-state index contributed by atoms with van der Waals surface area (Å²) in [6.45, 7) is 8.62. The number of carbonyl (C=O) groups excluding carboxylic acids is 3. The fourth-order valence-electron chi connectivity index (χ4n) is 2.75. The Morgan fingerprint density at radius 2 is 1.64 bits per heavy atom. The summed E-state index contributed by atoms with van der Waals surface area (Å²) in [6.07, 6.45) is 0. The van der Waals surface area contributed by atoms with Crippen molar-refractivity contribution in [1.29, 1.82) is 0 Å². The molecule has 2 N–H and O–H groups in total. The lowest BCUT2D eigenvalue weighted by molar-refractivity contribution is -0.122. The second-order valence-corrected chi connectivity index (χ2v) is 7.44. The van der Waals surface area contributed by atoms with E-state index in [1.807, 2.05) is 32.0 Å². The highest BCUT2D eigenvalue weighted by Crippen LogP contribution is 2.23. The van der Waals surface area contributed by atoms with Crippen LogP contribution in [0.25, 0.3) is 0 Å². The standard InChI is InChI=1S/C20H24N4O3S/c1-11-7-6-8-12(2)19(11)24-16(26)9-21-17(27)10-28-20-18(14(4)25)13(3)22-15(5)23-20/h6-8H,9-10H2,1-5H3,(H,21,27)(H,24,26). The average Bonchev–Trinajstić information content (AvgIpc) is 2.60. The molecular weight excluding hydrogens is 376 g/mol. The van der Waals surface area contributed by atoms with Crippen LogP contribution in [0.1, 0.15) is 39.9 Å². The van der Waals surface area contributed by atoms with Crippen LogP contribution in [0.2, 0.25) is 0 Å². The molecule has 1 heterocycles. The molecule has 0 unspecified atom stereocenters. The molecule has 2 rings (SSSR count). The van der Waals surface area contributed by atoms with E-state index in [1.165, 1.54) is 6.92 Å². The summed E-state index contributed by atoms with van der Waals surface area (Å²) in [5.74, 6) is -0.168. The summed E-state index contributed by atoms with van der Waals surface area (Å²) < 4.78 is 0. The van der Waals surface area contributed by atoms with Crippen LogP contribution in [0.15, 0.2) is 23.2 Å². The summed E-state index contributed by atoms with van der Waals surface area (Å²) >= 11 is 1.16. The molecular formula is C20H24N4O3S. The number of hydrogen-bond donors (Lipinski definition) is 2. The lowest BCUT2D eigenvalue weighted by Crippen LogP contribution is -2.34. The number of anilines is 1. The van der Waals surface area contributed by atoms with Gasteiger partial charge < -0.3 is 10.6 Å². The minimum Gasteiger partial charge on any atom is -0.346 e. The van der Waals surface area contributed by atoms with Gasteiger partial charge in [0.15, 0.2) is 5.78 Å². The van der Waals surface area contributed by atoms with Crippen molar-refractivity contribution in [2.45, 2.75) is 39.6 Å². The van der Waals surface area contributed by atoms with Gasteiger partial charge in [-0.3, -0.25) is 14.4 Å². The molecule has 1 aromatic heterocycles. The van der Waals surface area contributed by atoms with Gasteiger partial charge in [0, 0.05) is 5.69 Å². The molecule has 0 atom stereocenters. The Bertz CT molecular complexity index is 908. The Balaban J connectivity index is 1.92. The van der Waals surface area contributed by atoms with E-state index in [-0.39, 0.29) is 29.9 Å². The molecule has 0 radical (unpaired) electrons. The maximum atomic E-state index is 12.1. The van der Waals surface area contributed by atoms with E-state index >= 15 is 0 Å². The molecule has 0 aliphatic heterocycles. The van der Waals surface area contributed by atoms with Crippen molar-refractivity contribution in [3.8, 4) is 0 Å². The Morgan fingerprint density at radius 3 is 2.25 bits per heavy atom. The number of amides is 2. The summed E-state index contributed by atoms with van der Waals surface area (Å²) in [4.78, 5) is 44.6. The molecule has 0 aliphatic rings. The average molecular weight is 401 g/mol. The van der Waals surface area contributed by atoms with E-state index < -0.39 is 0 Å². The summed E-state index contributed by atoms with van der Waals surface area (Å²) in [5, 5.41) is 5.89. The molecule has 2 amide bonds. The Labute approximate surface area is 168 Å². The van der Waals surface area contributed by atoms with Crippen LogP contribution in [0.4, 0.5) is 5.69 Å². The van der Waals surface area contributed by atoms with E-state index in [2.05, 4.69) is 20.6 Å². The third-order valence-electron chi connectivity index (χ3n) is 4.05. The first-order valence-corrected chi connectivity index (χ1v) is 9.79. The van der Waals surface area contributed by atoms with Gasteiger partial charge in [0.2, 0.25) is 11.8 Å². The molecule has 0 saturated heterocycles. The van der Waals surface area contributed by atoms with Crippen molar-refractivity contribution < 1.29 is 14.4 Å². The first-order valence-electron chi connectivity index (χ1n) is 8.80. The van der Waals surface area contributed by atoms with Crippen molar-refractivity contribution in [1.82, 2.24) is 15.3 Å². The van der Waals surface area contributed by atoms with Crippen molar-refractivity contribution in [3.05, 3.63) is 46.4 Å². The minimum atomic E-state index is -0.315. The van der Waals surface area contributed by atoms with Crippen LogP contribution < -0.4 is 10.6 Å². The van der Waals surface area contributed by atoms with Crippen LogP contribution in [0.5, 0.6) is 0 Å². The van der Waals surface area contributed by atoms with Gasteiger partial charge in [-0.25, -0.2) is 9.97 Å². The third kappa shape index (κ3) is 5.63.